The average Bonchev–Trinajstić information content (AvgIpc) is 3.56. The Hall–Kier alpha value is -5.87. The van der Waals surface area contributed by atoms with Gasteiger partial charge in [0.2, 0.25) is 0 Å². The third kappa shape index (κ3) is 2.97. The number of benzene rings is 6. The molecule has 3 heterocycles. The zero-order chi connectivity index (χ0) is 30.1. The molecule has 11 rings (SSSR count). The Bertz CT molecular complexity index is 2790. The normalized spacial score (nSPS) is 15.5. The number of rotatable bonds is 1. The van der Waals surface area contributed by atoms with Crippen molar-refractivity contribution in [2.24, 2.45) is 0 Å². The van der Waals surface area contributed by atoms with Crippen LogP contribution in [0.1, 0.15) is 45.2 Å². The molecule has 0 spiro atoms. The number of nitrogens with zero attached hydrogens (tertiary/aromatic N) is 3. The molecule has 2 aliphatic rings. The van der Waals surface area contributed by atoms with Crippen molar-refractivity contribution in [1.82, 2.24) is 14.4 Å². The third-order valence-corrected chi connectivity index (χ3v) is 10.5. The standard InChI is InChI=1S/C42H25N3O/c46-41-27-14-4-3-13-26(27)39-37-29(41)16-9-17-33(37)43-42(44-39)30-21-20-23-10-1-2-11-24(23)31-22-32-25-12-5-7-18-34(25)45-35-19-8-6-15-28(35)38(36(30)31)40(32)45/h1-19,22,30H,20-21H2. The molecule has 3 aromatic heterocycles. The summed E-state index contributed by atoms with van der Waals surface area (Å²) in [6.45, 7) is 0. The van der Waals surface area contributed by atoms with Crippen LogP contribution in [0, 0.1) is 0 Å². The number of carbonyl (C=O) groups is 1. The van der Waals surface area contributed by atoms with Crippen molar-refractivity contribution in [3.8, 4) is 22.4 Å². The van der Waals surface area contributed by atoms with E-state index >= 15 is 0 Å². The van der Waals surface area contributed by atoms with Gasteiger partial charge in [-0.25, -0.2) is 9.97 Å². The number of aryl methyl sites for hydroxylation is 1. The molecule has 9 aromatic rings. The molecule has 0 N–H and O–H groups in total. The van der Waals surface area contributed by atoms with Gasteiger partial charge in [-0.15, -0.1) is 0 Å². The van der Waals surface area contributed by atoms with E-state index in [9.17, 15) is 4.79 Å². The molecule has 0 radical (unpaired) electrons. The molecule has 0 fully saturated rings. The predicted molar refractivity (Wildman–Crippen MR) is 185 cm³/mol. The quantitative estimate of drug-likeness (QED) is 0.192. The van der Waals surface area contributed by atoms with Gasteiger partial charge in [0.25, 0.3) is 0 Å². The van der Waals surface area contributed by atoms with Gasteiger partial charge in [-0.3, -0.25) is 4.79 Å². The third-order valence-electron chi connectivity index (χ3n) is 10.5. The lowest BCUT2D eigenvalue weighted by atomic mass is 9.84. The predicted octanol–water partition coefficient (Wildman–Crippen LogP) is 9.74. The van der Waals surface area contributed by atoms with Crippen LogP contribution < -0.4 is 0 Å². The van der Waals surface area contributed by atoms with Gasteiger partial charge in [0.1, 0.15) is 5.82 Å². The van der Waals surface area contributed by atoms with Gasteiger partial charge in [-0.05, 0) is 59.4 Å². The van der Waals surface area contributed by atoms with E-state index in [2.05, 4.69) is 83.3 Å². The summed E-state index contributed by atoms with van der Waals surface area (Å²) < 4.78 is 2.46. The van der Waals surface area contributed by atoms with Crippen LogP contribution in [0.4, 0.5) is 0 Å². The van der Waals surface area contributed by atoms with E-state index in [4.69, 9.17) is 9.97 Å². The van der Waals surface area contributed by atoms with Crippen LogP contribution in [0.3, 0.4) is 0 Å². The molecule has 1 atom stereocenters. The molecule has 0 bridgehead atoms. The van der Waals surface area contributed by atoms with Crippen molar-refractivity contribution in [2.75, 3.05) is 0 Å². The lowest BCUT2D eigenvalue weighted by Crippen LogP contribution is -2.15. The van der Waals surface area contributed by atoms with Crippen LogP contribution in [0.5, 0.6) is 0 Å². The smallest absolute Gasteiger partial charge is 0.194 e. The van der Waals surface area contributed by atoms with Gasteiger partial charge in [0, 0.05) is 49.5 Å². The lowest BCUT2D eigenvalue weighted by Gasteiger charge is -2.23. The molecule has 214 valence electrons. The topological polar surface area (TPSA) is 47.3 Å². The van der Waals surface area contributed by atoms with E-state index in [1.165, 1.54) is 60.3 Å². The van der Waals surface area contributed by atoms with Crippen molar-refractivity contribution in [2.45, 2.75) is 18.8 Å². The molecule has 2 aliphatic carbocycles. The van der Waals surface area contributed by atoms with E-state index in [-0.39, 0.29) is 11.7 Å². The van der Waals surface area contributed by atoms with Crippen molar-refractivity contribution < 1.29 is 4.79 Å². The maximum atomic E-state index is 13.6. The van der Waals surface area contributed by atoms with Crippen molar-refractivity contribution in [3.05, 3.63) is 149 Å². The Morgan fingerprint density at radius 3 is 2.15 bits per heavy atom. The van der Waals surface area contributed by atoms with Gasteiger partial charge in [0.05, 0.1) is 27.8 Å². The second kappa shape index (κ2) is 8.64. The van der Waals surface area contributed by atoms with E-state index < -0.39 is 0 Å². The molecular formula is C42H25N3O. The van der Waals surface area contributed by atoms with Crippen molar-refractivity contribution in [3.63, 3.8) is 0 Å². The molecule has 46 heavy (non-hydrogen) atoms. The summed E-state index contributed by atoms with van der Waals surface area (Å²) in [6, 6.07) is 42.7. The minimum Gasteiger partial charge on any atom is -0.308 e. The SMILES string of the molecule is O=C1c2ccccc2-c2nc(C3CCc4ccccc4-c4cc5c6ccccc6n6c7ccccc7c(c43)c56)nc3cccc1c23. The molecule has 0 aliphatic heterocycles. The highest BCUT2D eigenvalue weighted by molar-refractivity contribution is 6.27. The van der Waals surface area contributed by atoms with Gasteiger partial charge in [0.15, 0.2) is 5.78 Å². The van der Waals surface area contributed by atoms with Gasteiger partial charge in [-0.1, -0.05) is 97.1 Å². The monoisotopic (exact) mass is 587 g/mol. The highest BCUT2D eigenvalue weighted by Crippen LogP contribution is 2.51. The molecule has 4 nitrogen and oxygen atoms in total. The fourth-order valence-corrected chi connectivity index (χ4v) is 8.61. The number of carbonyl (C=O) groups excluding carboxylic acids is 1. The first-order valence-corrected chi connectivity index (χ1v) is 16.0. The molecule has 0 saturated heterocycles. The van der Waals surface area contributed by atoms with Gasteiger partial charge in [-0.2, -0.15) is 0 Å². The Morgan fingerprint density at radius 1 is 0.587 bits per heavy atom. The largest absolute Gasteiger partial charge is 0.308 e. The van der Waals surface area contributed by atoms with Gasteiger partial charge >= 0.3 is 0 Å². The van der Waals surface area contributed by atoms with E-state index in [1.54, 1.807) is 0 Å². The minimum absolute atomic E-state index is 0.0420. The van der Waals surface area contributed by atoms with E-state index in [0.717, 1.165) is 40.8 Å². The summed E-state index contributed by atoms with van der Waals surface area (Å²) in [5, 5.41) is 5.96. The highest BCUT2D eigenvalue weighted by atomic mass is 16.1. The second-order valence-electron chi connectivity index (χ2n) is 12.7. The average molecular weight is 588 g/mol. The van der Waals surface area contributed by atoms with Crippen molar-refractivity contribution in [1.29, 1.82) is 0 Å². The second-order valence-corrected chi connectivity index (χ2v) is 12.7. The molecule has 6 aromatic carbocycles. The number of fused-ring (bicyclic) bond motifs is 12. The summed E-state index contributed by atoms with van der Waals surface area (Å²) in [5.41, 5.74) is 12.9. The number of ketones is 1. The number of para-hydroxylation sites is 2. The first-order chi connectivity index (χ1) is 22.8. The van der Waals surface area contributed by atoms with Gasteiger partial charge < -0.3 is 4.40 Å². The lowest BCUT2D eigenvalue weighted by molar-refractivity contribution is 0.104. The summed E-state index contributed by atoms with van der Waals surface area (Å²) in [5.74, 6) is 0.814. The Balaban J connectivity index is 1.31. The number of aromatic nitrogens is 3. The fourth-order valence-electron chi connectivity index (χ4n) is 8.61. The maximum Gasteiger partial charge on any atom is 0.194 e. The van der Waals surface area contributed by atoms with Crippen molar-refractivity contribution >= 4 is 54.8 Å². The van der Waals surface area contributed by atoms with Crippen LogP contribution in [-0.4, -0.2) is 20.2 Å². The molecule has 0 amide bonds. The first-order valence-electron chi connectivity index (χ1n) is 16.0. The van der Waals surface area contributed by atoms with Crippen LogP contribution in [0.2, 0.25) is 0 Å². The van der Waals surface area contributed by atoms with E-state index in [0.29, 0.717) is 11.1 Å². The summed E-state index contributed by atoms with van der Waals surface area (Å²) in [4.78, 5) is 24.3. The Labute approximate surface area is 263 Å². The number of hydrogen-bond acceptors (Lipinski definition) is 3. The van der Waals surface area contributed by atoms with E-state index in [1.807, 2.05) is 42.5 Å². The minimum atomic E-state index is -0.0477. The summed E-state index contributed by atoms with van der Waals surface area (Å²) in [6.07, 6.45) is 1.81. The first kappa shape index (κ1) is 24.5. The number of hydrogen-bond donors (Lipinski definition) is 0. The Kier molecular flexibility index (Phi) is 4.59. The zero-order valence-corrected chi connectivity index (χ0v) is 24.8. The van der Waals surface area contributed by atoms with Crippen LogP contribution in [-0.2, 0) is 6.42 Å². The molecule has 4 heteroatoms. The summed E-state index contributed by atoms with van der Waals surface area (Å²) >= 11 is 0. The fraction of sp³-hybridized carbons (Fsp3) is 0.0714. The highest BCUT2D eigenvalue weighted by Gasteiger charge is 2.34. The van der Waals surface area contributed by atoms with Crippen LogP contribution in [0.15, 0.2) is 121 Å². The zero-order valence-electron chi connectivity index (χ0n) is 24.8. The van der Waals surface area contributed by atoms with Crippen LogP contribution >= 0.6 is 0 Å². The maximum absolute atomic E-state index is 13.6. The molecular weight excluding hydrogens is 562 g/mol. The Morgan fingerprint density at radius 2 is 1.28 bits per heavy atom. The van der Waals surface area contributed by atoms with Crippen LogP contribution in [0.25, 0.3) is 71.4 Å². The summed E-state index contributed by atoms with van der Waals surface area (Å²) in [7, 11) is 0. The molecule has 0 saturated carbocycles. The molecule has 1 unspecified atom stereocenters.